The molecule has 2 N–H and O–H groups in total. The first-order valence-electron chi connectivity index (χ1n) is 6.56. The minimum atomic E-state index is -0.0293. The van der Waals surface area contributed by atoms with Crippen LogP contribution in [0.4, 0.5) is 0 Å². The number of hydrogen-bond donors (Lipinski definition) is 1. The van der Waals surface area contributed by atoms with E-state index in [4.69, 9.17) is 5.73 Å². The fourth-order valence-corrected chi connectivity index (χ4v) is 2.24. The molecule has 1 heteroatoms. The van der Waals surface area contributed by atoms with Gasteiger partial charge in [-0.25, -0.2) is 0 Å². The van der Waals surface area contributed by atoms with Gasteiger partial charge in [0.05, 0.1) is 6.04 Å². The number of hydrogen-bond acceptors (Lipinski definition) is 1. The van der Waals surface area contributed by atoms with Crippen molar-refractivity contribution in [3.63, 3.8) is 0 Å². The lowest BCUT2D eigenvalue weighted by atomic mass is 9.95. The van der Waals surface area contributed by atoms with Crippen LogP contribution in [0.3, 0.4) is 0 Å². The highest BCUT2D eigenvalue weighted by Gasteiger charge is 2.09. The SMILES string of the molecule is CC(C)Cc1cccc(C(N)c2ccccc2)c1. The molecule has 0 bridgehead atoms. The van der Waals surface area contributed by atoms with Gasteiger partial charge in [0.15, 0.2) is 0 Å². The van der Waals surface area contributed by atoms with Crippen LogP contribution in [-0.4, -0.2) is 0 Å². The molecule has 0 saturated heterocycles. The lowest BCUT2D eigenvalue weighted by Crippen LogP contribution is -2.12. The van der Waals surface area contributed by atoms with E-state index in [0.717, 1.165) is 6.42 Å². The van der Waals surface area contributed by atoms with Crippen LogP contribution in [0, 0.1) is 5.92 Å². The first-order valence-corrected chi connectivity index (χ1v) is 6.56. The average molecular weight is 239 g/mol. The summed E-state index contributed by atoms with van der Waals surface area (Å²) in [7, 11) is 0. The van der Waals surface area contributed by atoms with Crippen molar-refractivity contribution in [2.45, 2.75) is 26.3 Å². The fraction of sp³-hybridized carbons (Fsp3) is 0.294. The van der Waals surface area contributed by atoms with Gasteiger partial charge >= 0.3 is 0 Å². The van der Waals surface area contributed by atoms with Gasteiger partial charge in [-0.1, -0.05) is 68.4 Å². The molecule has 0 amide bonds. The smallest absolute Gasteiger partial charge is 0.0551 e. The Bertz CT molecular complexity index is 488. The molecule has 2 aromatic carbocycles. The Morgan fingerprint density at radius 1 is 0.889 bits per heavy atom. The van der Waals surface area contributed by atoms with Crippen molar-refractivity contribution < 1.29 is 0 Å². The molecule has 0 heterocycles. The van der Waals surface area contributed by atoms with E-state index in [2.05, 4.69) is 50.2 Å². The highest BCUT2D eigenvalue weighted by molar-refractivity contribution is 5.33. The van der Waals surface area contributed by atoms with Gasteiger partial charge in [-0.05, 0) is 29.0 Å². The normalized spacial score (nSPS) is 12.7. The zero-order valence-electron chi connectivity index (χ0n) is 11.1. The largest absolute Gasteiger partial charge is 0.320 e. The topological polar surface area (TPSA) is 26.0 Å². The highest BCUT2D eigenvalue weighted by atomic mass is 14.6. The summed E-state index contributed by atoms with van der Waals surface area (Å²) < 4.78 is 0. The zero-order chi connectivity index (χ0) is 13.0. The van der Waals surface area contributed by atoms with Crippen molar-refractivity contribution in [2.75, 3.05) is 0 Å². The van der Waals surface area contributed by atoms with Gasteiger partial charge in [0.2, 0.25) is 0 Å². The van der Waals surface area contributed by atoms with Crippen molar-refractivity contribution in [3.05, 3.63) is 71.3 Å². The van der Waals surface area contributed by atoms with Gasteiger partial charge in [0, 0.05) is 0 Å². The van der Waals surface area contributed by atoms with Crippen LogP contribution in [0.25, 0.3) is 0 Å². The molecule has 1 nitrogen and oxygen atoms in total. The second kappa shape index (κ2) is 5.83. The molecule has 0 aromatic heterocycles. The molecule has 0 aliphatic heterocycles. The van der Waals surface area contributed by atoms with Crippen LogP contribution in [0.15, 0.2) is 54.6 Å². The van der Waals surface area contributed by atoms with E-state index in [1.807, 2.05) is 18.2 Å². The van der Waals surface area contributed by atoms with Crippen LogP contribution in [0.5, 0.6) is 0 Å². The summed E-state index contributed by atoms with van der Waals surface area (Å²) in [5, 5.41) is 0. The maximum absolute atomic E-state index is 6.32. The minimum absolute atomic E-state index is 0.0293. The van der Waals surface area contributed by atoms with Gasteiger partial charge in [0.1, 0.15) is 0 Å². The van der Waals surface area contributed by atoms with E-state index in [1.165, 1.54) is 16.7 Å². The van der Waals surface area contributed by atoms with Gasteiger partial charge in [0.25, 0.3) is 0 Å². The second-order valence-corrected chi connectivity index (χ2v) is 5.23. The third-order valence-corrected chi connectivity index (χ3v) is 3.11. The molecule has 1 unspecified atom stereocenters. The predicted octanol–water partition coefficient (Wildman–Crippen LogP) is 3.93. The molecular formula is C17H21N. The Balaban J connectivity index is 2.23. The van der Waals surface area contributed by atoms with Crippen molar-refractivity contribution in [2.24, 2.45) is 11.7 Å². The van der Waals surface area contributed by atoms with E-state index < -0.39 is 0 Å². The van der Waals surface area contributed by atoms with Crippen molar-refractivity contribution >= 4 is 0 Å². The number of nitrogens with two attached hydrogens (primary N) is 1. The van der Waals surface area contributed by atoms with E-state index in [0.29, 0.717) is 5.92 Å². The van der Waals surface area contributed by atoms with Crippen LogP contribution in [0.2, 0.25) is 0 Å². The van der Waals surface area contributed by atoms with Crippen LogP contribution in [-0.2, 0) is 6.42 Å². The summed E-state index contributed by atoms with van der Waals surface area (Å²) in [6.07, 6.45) is 1.11. The number of benzene rings is 2. The zero-order valence-corrected chi connectivity index (χ0v) is 11.1. The fourth-order valence-electron chi connectivity index (χ4n) is 2.24. The van der Waals surface area contributed by atoms with E-state index in [-0.39, 0.29) is 6.04 Å². The molecule has 0 fully saturated rings. The maximum Gasteiger partial charge on any atom is 0.0551 e. The molecule has 2 aromatic rings. The molecule has 1 atom stereocenters. The van der Waals surface area contributed by atoms with Crippen LogP contribution >= 0.6 is 0 Å². The number of rotatable bonds is 4. The van der Waals surface area contributed by atoms with E-state index >= 15 is 0 Å². The minimum Gasteiger partial charge on any atom is -0.320 e. The van der Waals surface area contributed by atoms with Crippen molar-refractivity contribution in [1.29, 1.82) is 0 Å². The molecule has 94 valence electrons. The molecule has 0 aliphatic rings. The lowest BCUT2D eigenvalue weighted by Gasteiger charge is -2.14. The molecule has 0 radical (unpaired) electrons. The maximum atomic E-state index is 6.32. The Kier molecular flexibility index (Phi) is 4.16. The monoisotopic (exact) mass is 239 g/mol. The summed E-state index contributed by atoms with van der Waals surface area (Å²) in [6.45, 7) is 4.48. The molecule has 2 rings (SSSR count). The van der Waals surface area contributed by atoms with E-state index in [9.17, 15) is 0 Å². The highest BCUT2D eigenvalue weighted by Crippen LogP contribution is 2.21. The summed E-state index contributed by atoms with van der Waals surface area (Å²) >= 11 is 0. The van der Waals surface area contributed by atoms with Gasteiger partial charge in [-0.15, -0.1) is 0 Å². The first-order chi connectivity index (χ1) is 8.66. The van der Waals surface area contributed by atoms with Crippen LogP contribution < -0.4 is 5.73 Å². The van der Waals surface area contributed by atoms with Gasteiger partial charge in [-0.3, -0.25) is 0 Å². The lowest BCUT2D eigenvalue weighted by molar-refractivity contribution is 0.646. The molecule has 0 spiro atoms. The van der Waals surface area contributed by atoms with Crippen LogP contribution in [0.1, 0.15) is 36.6 Å². The quantitative estimate of drug-likeness (QED) is 0.859. The Hall–Kier alpha value is -1.60. The first kappa shape index (κ1) is 12.8. The summed E-state index contributed by atoms with van der Waals surface area (Å²) in [5.74, 6) is 0.674. The van der Waals surface area contributed by atoms with Crippen molar-refractivity contribution in [3.8, 4) is 0 Å². The average Bonchev–Trinajstić information content (AvgIpc) is 2.38. The van der Waals surface area contributed by atoms with Crippen molar-refractivity contribution in [1.82, 2.24) is 0 Å². The second-order valence-electron chi connectivity index (χ2n) is 5.23. The molecule has 0 saturated carbocycles. The van der Waals surface area contributed by atoms with Gasteiger partial charge < -0.3 is 5.73 Å². The molecule has 18 heavy (non-hydrogen) atoms. The Labute approximate surface area is 110 Å². The summed E-state index contributed by atoms with van der Waals surface area (Å²) in [5.41, 5.74) is 10.0. The summed E-state index contributed by atoms with van der Waals surface area (Å²) in [6, 6.07) is 18.9. The van der Waals surface area contributed by atoms with E-state index in [1.54, 1.807) is 0 Å². The molecular weight excluding hydrogens is 218 g/mol. The molecule has 0 aliphatic carbocycles. The Morgan fingerprint density at radius 3 is 2.22 bits per heavy atom. The summed E-state index contributed by atoms with van der Waals surface area (Å²) in [4.78, 5) is 0. The van der Waals surface area contributed by atoms with Gasteiger partial charge in [-0.2, -0.15) is 0 Å². The third-order valence-electron chi connectivity index (χ3n) is 3.11. The Morgan fingerprint density at radius 2 is 1.56 bits per heavy atom. The third kappa shape index (κ3) is 3.21. The standard InChI is InChI=1S/C17H21N/c1-13(2)11-14-7-6-10-16(12-14)17(18)15-8-4-3-5-9-15/h3-10,12-13,17H,11,18H2,1-2H3. The predicted molar refractivity (Wildman–Crippen MR) is 77.5 cm³/mol.